The van der Waals surface area contributed by atoms with Crippen molar-refractivity contribution in [1.82, 2.24) is 4.98 Å². The Morgan fingerprint density at radius 1 is 1.24 bits per heavy atom. The number of nitrogens with two attached hydrogens (primary N) is 1. The molecule has 0 aliphatic heterocycles. The van der Waals surface area contributed by atoms with Crippen LogP contribution in [0.5, 0.6) is 0 Å². The Hall–Kier alpha value is -2.07. The van der Waals surface area contributed by atoms with E-state index in [0.29, 0.717) is 5.56 Å². The number of hydrogen-bond donors (Lipinski definition) is 2. The van der Waals surface area contributed by atoms with E-state index in [1.807, 2.05) is 35.7 Å². The van der Waals surface area contributed by atoms with Gasteiger partial charge in [-0.25, -0.2) is 0 Å². The molecule has 2 heterocycles. The van der Waals surface area contributed by atoms with Gasteiger partial charge in [-0.2, -0.15) is 0 Å². The molecule has 0 saturated heterocycles. The Bertz CT molecular complexity index is 683. The number of nitrogens with one attached hydrogen (secondary N) is 1. The Balaban J connectivity index is 2.26. The summed E-state index contributed by atoms with van der Waals surface area (Å²) < 4.78 is 0. The number of fused-ring (bicyclic) bond motifs is 1. The van der Waals surface area contributed by atoms with Gasteiger partial charge in [0.15, 0.2) is 0 Å². The molecule has 1 amide bonds. The molecule has 0 atom stereocenters. The predicted octanol–water partition coefficient (Wildman–Crippen LogP) is 3.00. The highest BCUT2D eigenvalue weighted by Gasteiger charge is 2.10. The largest absolute Gasteiger partial charge is 0.366 e. The molecule has 0 radical (unpaired) electrons. The first-order chi connectivity index (χ1) is 8.25. The van der Waals surface area contributed by atoms with Crippen molar-refractivity contribution >= 4 is 28.1 Å². The lowest BCUT2D eigenvalue weighted by Crippen LogP contribution is -2.11. The lowest BCUT2D eigenvalue weighted by atomic mass is 10.1. The van der Waals surface area contributed by atoms with Crippen LogP contribution in [0.25, 0.3) is 21.5 Å². The molecule has 0 aliphatic rings. The van der Waals surface area contributed by atoms with Crippen LogP contribution >= 0.6 is 11.3 Å². The van der Waals surface area contributed by atoms with Crippen LogP contribution in [0.2, 0.25) is 0 Å². The molecule has 0 unspecified atom stereocenters. The molecule has 1 aromatic carbocycles. The highest BCUT2D eigenvalue weighted by molar-refractivity contribution is 7.13. The number of primary amides is 1. The first-order valence-electron chi connectivity index (χ1n) is 5.21. The van der Waals surface area contributed by atoms with Crippen molar-refractivity contribution in [3.8, 4) is 10.6 Å². The minimum atomic E-state index is -0.407. The van der Waals surface area contributed by atoms with Gasteiger partial charge in [0.05, 0.1) is 21.7 Å². The molecule has 84 valence electrons. The second-order valence-corrected chi connectivity index (χ2v) is 4.74. The van der Waals surface area contributed by atoms with Crippen molar-refractivity contribution in [3.05, 3.63) is 47.3 Å². The number of aromatic nitrogens is 1. The Morgan fingerprint density at radius 2 is 2.12 bits per heavy atom. The average molecular weight is 242 g/mol. The van der Waals surface area contributed by atoms with E-state index in [9.17, 15) is 4.79 Å². The molecule has 0 fully saturated rings. The van der Waals surface area contributed by atoms with Crippen molar-refractivity contribution in [2.45, 2.75) is 0 Å². The number of amides is 1. The maximum atomic E-state index is 11.3. The maximum Gasteiger partial charge on any atom is 0.250 e. The summed E-state index contributed by atoms with van der Waals surface area (Å²) in [6.45, 7) is 0. The molecule has 2 aromatic heterocycles. The Morgan fingerprint density at radius 3 is 2.82 bits per heavy atom. The van der Waals surface area contributed by atoms with Crippen molar-refractivity contribution in [2.75, 3.05) is 0 Å². The lowest BCUT2D eigenvalue weighted by molar-refractivity contribution is 0.100. The number of para-hydroxylation sites is 1. The van der Waals surface area contributed by atoms with Crippen LogP contribution in [0, 0.1) is 0 Å². The van der Waals surface area contributed by atoms with Gasteiger partial charge >= 0.3 is 0 Å². The molecule has 3 aromatic rings. The van der Waals surface area contributed by atoms with Crippen LogP contribution in [0.4, 0.5) is 0 Å². The van der Waals surface area contributed by atoms with Gasteiger partial charge in [-0.05, 0) is 23.6 Å². The third-order valence-electron chi connectivity index (χ3n) is 2.71. The summed E-state index contributed by atoms with van der Waals surface area (Å²) in [6, 6.07) is 11.6. The van der Waals surface area contributed by atoms with E-state index >= 15 is 0 Å². The van der Waals surface area contributed by atoms with Gasteiger partial charge < -0.3 is 10.7 Å². The van der Waals surface area contributed by atoms with Gasteiger partial charge in [0.1, 0.15) is 0 Å². The zero-order chi connectivity index (χ0) is 11.8. The van der Waals surface area contributed by atoms with Crippen molar-refractivity contribution in [3.63, 3.8) is 0 Å². The third kappa shape index (κ3) is 1.62. The number of thiophene rings is 1. The van der Waals surface area contributed by atoms with Crippen molar-refractivity contribution in [1.29, 1.82) is 0 Å². The molecular weight excluding hydrogens is 232 g/mol. The van der Waals surface area contributed by atoms with E-state index in [1.54, 1.807) is 17.4 Å². The zero-order valence-corrected chi connectivity index (χ0v) is 9.75. The second-order valence-electron chi connectivity index (χ2n) is 3.79. The number of H-pyrrole nitrogens is 1. The van der Waals surface area contributed by atoms with Crippen LogP contribution in [-0.2, 0) is 0 Å². The van der Waals surface area contributed by atoms with E-state index in [4.69, 9.17) is 5.73 Å². The lowest BCUT2D eigenvalue weighted by Gasteiger charge is -1.96. The summed E-state index contributed by atoms with van der Waals surface area (Å²) in [7, 11) is 0. The number of carbonyl (C=O) groups is 1. The maximum absolute atomic E-state index is 11.3. The molecule has 3 rings (SSSR count). The fourth-order valence-corrected chi connectivity index (χ4v) is 2.62. The number of aromatic amines is 1. The van der Waals surface area contributed by atoms with Crippen LogP contribution in [-0.4, -0.2) is 10.9 Å². The standard InChI is InChI=1S/C13H10N2OS/c14-13(16)9-4-1-3-8-7-10(15-12(8)9)11-5-2-6-17-11/h1-7,15H,(H2,14,16). The van der Waals surface area contributed by atoms with Gasteiger partial charge in [-0.1, -0.05) is 18.2 Å². The normalized spacial score (nSPS) is 10.8. The number of rotatable bonds is 2. The smallest absolute Gasteiger partial charge is 0.250 e. The predicted molar refractivity (Wildman–Crippen MR) is 70.1 cm³/mol. The molecule has 3 N–H and O–H groups in total. The highest BCUT2D eigenvalue weighted by Crippen LogP contribution is 2.28. The van der Waals surface area contributed by atoms with Crippen LogP contribution in [0.3, 0.4) is 0 Å². The quantitative estimate of drug-likeness (QED) is 0.713. The van der Waals surface area contributed by atoms with Crippen LogP contribution in [0.1, 0.15) is 10.4 Å². The minimum Gasteiger partial charge on any atom is -0.366 e. The van der Waals surface area contributed by atoms with Crippen molar-refractivity contribution in [2.24, 2.45) is 5.73 Å². The number of hydrogen-bond acceptors (Lipinski definition) is 2. The van der Waals surface area contributed by atoms with Gasteiger partial charge in [0.25, 0.3) is 5.91 Å². The third-order valence-corrected chi connectivity index (χ3v) is 3.61. The fraction of sp³-hybridized carbons (Fsp3) is 0. The molecule has 0 saturated carbocycles. The van der Waals surface area contributed by atoms with Crippen molar-refractivity contribution < 1.29 is 4.79 Å². The first-order valence-corrected chi connectivity index (χ1v) is 6.09. The SMILES string of the molecule is NC(=O)c1cccc2cc(-c3cccs3)[nH]c12. The van der Waals surface area contributed by atoms with Gasteiger partial charge in [0, 0.05) is 5.39 Å². The van der Waals surface area contributed by atoms with E-state index < -0.39 is 5.91 Å². The van der Waals surface area contributed by atoms with E-state index in [2.05, 4.69) is 4.98 Å². The molecule has 0 spiro atoms. The Kier molecular flexibility index (Phi) is 2.23. The highest BCUT2D eigenvalue weighted by atomic mass is 32.1. The van der Waals surface area contributed by atoms with Gasteiger partial charge in [-0.3, -0.25) is 4.79 Å². The summed E-state index contributed by atoms with van der Waals surface area (Å²) in [4.78, 5) is 15.7. The zero-order valence-electron chi connectivity index (χ0n) is 8.94. The Labute approximate surface area is 102 Å². The van der Waals surface area contributed by atoms with Gasteiger partial charge in [-0.15, -0.1) is 11.3 Å². The molecule has 0 aliphatic carbocycles. The second kappa shape index (κ2) is 3.75. The topological polar surface area (TPSA) is 58.9 Å². The minimum absolute atomic E-state index is 0.407. The summed E-state index contributed by atoms with van der Waals surface area (Å²) in [6.07, 6.45) is 0. The number of carbonyl (C=O) groups excluding carboxylic acids is 1. The fourth-order valence-electron chi connectivity index (χ4n) is 1.93. The first kappa shape index (κ1) is 10.1. The monoisotopic (exact) mass is 242 g/mol. The molecule has 4 heteroatoms. The number of benzene rings is 1. The molecular formula is C13H10N2OS. The van der Waals surface area contributed by atoms with E-state index in [0.717, 1.165) is 21.5 Å². The van der Waals surface area contributed by atoms with E-state index in [1.165, 1.54) is 0 Å². The average Bonchev–Trinajstić information content (AvgIpc) is 2.96. The summed E-state index contributed by atoms with van der Waals surface area (Å²) in [5.41, 5.74) is 7.71. The van der Waals surface area contributed by atoms with Crippen LogP contribution < -0.4 is 5.73 Å². The van der Waals surface area contributed by atoms with Crippen LogP contribution in [0.15, 0.2) is 41.8 Å². The summed E-state index contributed by atoms with van der Waals surface area (Å²) in [5.74, 6) is -0.407. The molecule has 17 heavy (non-hydrogen) atoms. The summed E-state index contributed by atoms with van der Waals surface area (Å²) in [5, 5.41) is 3.03. The van der Waals surface area contributed by atoms with E-state index in [-0.39, 0.29) is 0 Å². The molecule has 3 nitrogen and oxygen atoms in total. The summed E-state index contributed by atoms with van der Waals surface area (Å²) >= 11 is 1.66. The van der Waals surface area contributed by atoms with Gasteiger partial charge in [0.2, 0.25) is 0 Å². The molecule has 0 bridgehead atoms.